The van der Waals surface area contributed by atoms with Crippen molar-refractivity contribution < 1.29 is 0 Å². The maximum atomic E-state index is 3.73. The maximum absolute atomic E-state index is 3.73. The molecular formula is C14H27N3. The summed E-state index contributed by atoms with van der Waals surface area (Å²) in [6.07, 6.45) is 8.58. The van der Waals surface area contributed by atoms with Gasteiger partial charge >= 0.3 is 0 Å². The van der Waals surface area contributed by atoms with E-state index >= 15 is 0 Å². The van der Waals surface area contributed by atoms with Gasteiger partial charge in [-0.3, -0.25) is 9.80 Å². The molecule has 3 aliphatic rings. The zero-order valence-corrected chi connectivity index (χ0v) is 11.0. The van der Waals surface area contributed by atoms with Crippen LogP contribution < -0.4 is 5.32 Å². The van der Waals surface area contributed by atoms with Crippen molar-refractivity contribution in [1.29, 1.82) is 0 Å². The lowest BCUT2D eigenvalue weighted by atomic mass is 10.1. The Bertz CT molecular complexity index is 238. The Labute approximate surface area is 106 Å². The minimum atomic E-state index is 0.836. The minimum Gasteiger partial charge on any atom is -0.313 e. The van der Waals surface area contributed by atoms with Gasteiger partial charge in [-0.05, 0) is 32.2 Å². The van der Waals surface area contributed by atoms with Crippen molar-refractivity contribution >= 4 is 0 Å². The van der Waals surface area contributed by atoms with Crippen molar-refractivity contribution in [3.05, 3.63) is 0 Å². The molecule has 0 aromatic carbocycles. The molecule has 2 saturated heterocycles. The molecule has 3 fully saturated rings. The van der Waals surface area contributed by atoms with Crippen LogP contribution in [0.15, 0.2) is 0 Å². The lowest BCUT2D eigenvalue weighted by Crippen LogP contribution is -2.51. The van der Waals surface area contributed by atoms with Gasteiger partial charge in [-0.1, -0.05) is 12.8 Å². The molecule has 0 aromatic heterocycles. The van der Waals surface area contributed by atoms with Crippen LogP contribution in [0.4, 0.5) is 0 Å². The summed E-state index contributed by atoms with van der Waals surface area (Å²) in [6, 6.07) is 1.72. The molecule has 0 amide bonds. The molecule has 1 N–H and O–H groups in total. The van der Waals surface area contributed by atoms with Gasteiger partial charge in [0.1, 0.15) is 0 Å². The summed E-state index contributed by atoms with van der Waals surface area (Å²) in [4.78, 5) is 5.37. The first-order valence-corrected chi connectivity index (χ1v) is 7.61. The average Bonchev–Trinajstić information content (AvgIpc) is 2.98. The standard InChI is InChI=1S/C14H27N3/c1-2-5-13(4-1)15-7-9-16-10-11-17-8-3-6-14(17)12-16/h13-15H,1-12H2. The molecule has 1 aliphatic carbocycles. The van der Waals surface area contributed by atoms with Crippen LogP contribution in [0.2, 0.25) is 0 Å². The van der Waals surface area contributed by atoms with Crippen molar-refractivity contribution in [2.45, 2.75) is 50.6 Å². The second-order valence-electron chi connectivity index (χ2n) is 6.07. The maximum Gasteiger partial charge on any atom is 0.0224 e. The van der Waals surface area contributed by atoms with E-state index in [4.69, 9.17) is 0 Å². The molecule has 3 rings (SSSR count). The number of nitrogens with one attached hydrogen (secondary N) is 1. The molecule has 98 valence electrons. The smallest absolute Gasteiger partial charge is 0.0224 e. The molecule has 3 nitrogen and oxygen atoms in total. The van der Waals surface area contributed by atoms with E-state index in [0.29, 0.717) is 0 Å². The largest absolute Gasteiger partial charge is 0.313 e. The molecule has 3 heteroatoms. The van der Waals surface area contributed by atoms with Gasteiger partial charge < -0.3 is 5.32 Å². The second-order valence-corrected chi connectivity index (χ2v) is 6.07. The summed E-state index contributed by atoms with van der Waals surface area (Å²) in [7, 11) is 0. The highest BCUT2D eigenvalue weighted by molar-refractivity contribution is 4.87. The monoisotopic (exact) mass is 237 g/mol. The molecule has 1 atom stereocenters. The number of nitrogens with zero attached hydrogens (tertiary/aromatic N) is 2. The van der Waals surface area contributed by atoms with E-state index in [9.17, 15) is 0 Å². The predicted molar refractivity (Wildman–Crippen MR) is 71.3 cm³/mol. The number of piperazine rings is 1. The van der Waals surface area contributed by atoms with Gasteiger partial charge in [-0.15, -0.1) is 0 Å². The third-order valence-electron chi connectivity index (χ3n) is 4.89. The zero-order chi connectivity index (χ0) is 11.5. The Morgan fingerprint density at radius 2 is 1.82 bits per heavy atom. The molecule has 0 bridgehead atoms. The van der Waals surface area contributed by atoms with E-state index < -0.39 is 0 Å². The van der Waals surface area contributed by atoms with Crippen LogP contribution in [-0.4, -0.2) is 61.2 Å². The van der Waals surface area contributed by atoms with Gasteiger partial charge in [0.15, 0.2) is 0 Å². The van der Waals surface area contributed by atoms with Gasteiger partial charge in [-0.25, -0.2) is 0 Å². The second kappa shape index (κ2) is 5.68. The summed E-state index contributed by atoms with van der Waals surface area (Å²) in [5, 5.41) is 3.73. The molecule has 0 spiro atoms. The van der Waals surface area contributed by atoms with Crippen LogP contribution >= 0.6 is 0 Å². The lowest BCUT2D eigenvalue weighted by molar-refractivity contribution is 0.105. The molecule has 1 saturated carbocycles. The molecule has 2 heterocycles. The number of hydrogen-bond acceptors (Lipinski definition) is 3. The van der Waals surface area contributed by atoms with Crippen molar-refractivity contribution in [1.82, 2.24) is 15.1 Å². The van der Waals surface area contributed by atoms with Crippen LogP contribution in [0, 0.1) is 0 Å². The fourth-order valence-electron chi connectivity index (χ4n) is 3.82. The highest BCUT2D eigenvalue weighted by Crippen LogP contribution is 2.21. The van der Waals surface area contributed by atoms with E-state index in [1.54, 1.807) is 0 Å². The Hall–Kier alpha value is -0.120. The van der Waals surface area contributed by atoms with Crippen LogP contribution in [-0.2, 0) is 0 Å². The molecule has 17 heavy (non-hydrogen) atoms. The lowest BCUT2D eigenvalue weighted by Gasteiger charge is -2.37. The highest BCUT2D eigenvalue weighted by Gasteiger charge is 2.30. The van der Waals surface area contributed by atoms with E-state index in [-0.39, 0.29) is 0 Å². The van der Waals surface area contributed by atoms with E-state index in [1.165, 1.54) is 77.8 Å². The van der Waals surface area contributed by atoms with Gasteiger partial charge in [0, 0.05) is 44.8 Å². The molecule has 2 aliphatic heterocycles. The van der Waals surface area contributed by atoms with Crippen LogP contribution in [0.3, 0.4) is 0 Å². The SMILES string of the molecule is C1CCC(NCCN2CCN3CCCC3C2)C1. The summed E-state index contributed by atoms with van der Waals surface area (Å²) in [6.45, 7) is 7.76. The molecule has 0 radical (unpaired) electrons. The Morgan fingerprint density at radius 3 is 2.71 bits per heavy atom. The third-order valence-corrected chi connectivity index (χ3v) is 4.89. The van der Waals surface area contributed by atoms with E-state index in [2.05, 4.69) is 15.1 Å². The van der Waals surface area contributed by atoms with E-state index in [1.807, 2.05) is 0 Å². The topological polar surface area (TPSA) is 18.5 Å². The first kappa shape index (κ1) is 11.9. The van der Waals surface area contributed by atoms with Crippen LogP contribution in [0.25, 0.3) is 0 Å². The van der Waals surface area contributed by atoms with Crippen LogP contribution in [0.1, 0.15) is 38.5 Å². The van der Waals surface area contributed by atoms with Crippen LogP contribution in [0.5, 0.6) is 0 Å². The first-order valence-electron chi connectivity index (χ1n) is 7.61. The van der Waals surface area contributed by atoms with Gasteiger partial charge in [-0.2, -0.15) is 0 Å². The Kier molecular flexibility index (Phi) is 3.99. The summed E-state index contributed by atoms with van der Waals surface area (Å²) < 4.78 is 0. The average molecular weight is 237 g/mol. The third kappa shape index (κ3) is 3.01. The number of rotatable bonds is 4. The van der Waals surface area contributed by atoms with Crippen molar-refractivity contribution in [2.24, 2.45) is 0 Å². The zero-order valence-electron chi connectivity index (χ0n) is 11.0. The molecular weight excluding hydrogens is 210 g/mol. The van der Waals surface area contributed by atoms with Gasteiger partial charge in [0.2, 0.25) is 0 Å². The fourth-order valence-corrected chi connectivity index (χ4v) is 3.82. The van der Waals surface area contributed by atoms with Gasteiger partial charge in [0.25, 0.3) is 0 Å². The first-order chi connectivity index (χ1) is 8.42. The fraction of sp³-hybridized carbons (Fsp3) is 1.00. The minimum absolute atomic E-state index is 0.836. The Morgan fingerprint density at radius 1 is 0.941 bits per heavy atom. The molecule has 0 aromatic rings. The van der Waals surface area contributed by atoms with E-state index in [0.717, 1.165) is 12.1 Å². The quantitative estimate of drug-likeness (QED) is 0.795. The normalized spacial score (nSPS) is 32.1. The van der Waals surface area contributed by atoms with Crippen molar-refractivity contribution in [3.8, 4) is 0 Å². The number of fused-ring (bicyclic) bond motifs is 1. The Balaban J connectivity index is 1.34. The number of hydrogen-bond donors (Lipinski definition) is 1. The summed E-state index contributed by atoms with van der Waals surface area (Å²) in [5.74, 6) is 0. The van der Waals surface area contributed by atoms with Crippen molar-refractivity contribution in [2.75, 3.05) is 39.3 Å². The predicted octanol–water partition coefficient (Wildman–Crippen LogP) is 1.30. The summed E-state index contributed by atoms with van der Waals surface area (Å²) >= 11 is 0. The molecule has 1 unspecified atom stereocenters. The highest BCUT2D eigenvalue weighted by atomic mass is 15.3. The van der Waals surface area contributed by atoms with Gasteiger partial charge in [0.05, 0.1) is 0 Å². The summed E-state index contributed by atoms with van der Waals surface area (Å²) in [5.41, 5.74) is 0. The van der Waals surface area contributed by atoms with Crippen molar-refractivity contribution in [3.63, 3.8) is 0 Å².